The monoisotopic (exact) mass is 275 g/mol. The highest BCUT2D eigenvalue weighted by Gasteiger charge is 2.20. The Bertz CT molecular complexity index is 639. The molecule has 0 atom stereocenters. The molecule has 0 aliphatic heterocycles. The second-order valence-corrected chi connectivity index (χ2v) is 4.27. The highest BCUT2D eigenvalue weighted by molar-refractivity contribution is 5.80. The number of halogens is 1. The predicted molar refractivity (Wildman–Crippen MR) is 77.1 cm³/mol. The average Bonchev–Trinajstić information content (AvgIpc) is 2.42. The van der Waals surface area contributed by atoms with E-state index < -0.39 is 10.7 Å². The number of rotatable bonds is 4. The zero-order valence-electron chi connectivity index (χ0n) is 11.1. The van der Waals surface area contributed by atoms with Gasteiger partial charge in [-0.3, -0.25) is 10.1 Å². The summed E-state index contributed by atoms with van der Waals surface area (Å²) in [6.07, 6.45) is 0. The summed E-state index contributed by atoms with van der Waals surface area (Å²) in [4.78, 5) is 10.7. The first-order chi connectivity index (χ1) is 9.54. The van der Waals surface area contributed by atoms with Gasteiger partial charge in [0, 0.05) is 7.05 Å². The Morgan fingerprint density at radius 1 is 1.15 bits per heavy atom. The summed E-state index contributed by atoms with van der Waals surface area (Å²) in [5.41, 5.74) is 1.42. The van der Waals surface area contributed by atoms with Crippen molar-refractivity contribution < 1.29 is 9.31 Å². The predicted octanol–water partition coefficient (Wildman–Crippen LogP) is 3.83. The van der Waals surface area contributed by atoms with E-state index in [1.165, 1.54) is 6.07 Å². The molecule has 20 heavy (non-hydrogen) atoms. The lowest BCUT2D eigenvalue weighted by Gasteiger charge is -2.12. The normalized spacial score (nSPS) is 10.2. The summed E-state index contributed by atoms with van der Waals surface area (Å²) in [6.45, 7) is 1.74. The van der Waals surface area contributed by atoms with Crippen LogP contribution in [0, 0.1) is 22.9 Å². The first-order valence-corrected chi connectivity index (χ1v) is 6.02. The number of hydrogen-bond donors (Lipinski definition) is 2. The Balaban J connectivity index is 2.51. The van der Waals surface area contributed by atoms with Gasteiger partial charge in [0.25, 0.3) is 0 Å². The van der Waals surface area contributed by atoms with Crippen LogP contribution in [0.3, 0.4) is 0 Å². The van der Waals surface area contributed by atoms with Gasteiger partial charge in [-0.25, -0.2) is 4.39 Å². The number of para-hydroxylation sites is 2. The van der Waals surface area contributed by atoms with Crippen LogP contribution < -0.4 is 10.6 Å². The van der Waals surface area contributed by atoms with Crippen LogP contribution >= 0.6 is 0 Å². The van der Waals surface area contributed by atoms with Crippen molar-refractivity contribution in [1.29, 1.82) is 0 Å². The summed E-state index contributed by atoms with van der Waals surface area (Å²) in [5.74, 6) is -0.450. The minimum Gasteiger partial charge on any atom is -0.382 e. The van der Waals surface area contributed by atoms with E-state index in [0.717, 1.165) is 0 Å². The largest absolute Gasteiger partial charge is 0.382 e. The molecular formula is C14H14FN3O2. The molecule has 2 rings (SSSR count). The Hall–Kier alpha value is -2.63. The molecule has 0 saturated carbocycles. The lowest BCUT2D eigenvalue weighted by molar-refractivity contribution is -0.383. The lowest BCUT2D eigenvalue weighted by atomic mass is 10.1. The molecule has 0 amide bonds. The molecule has 0 aliphatic rings. The second-order valence-electron chi connectivity index (χ2n) is 4.27. The molecule has 5 nitrogen and oxygen atoms in total. The van der Waals surface area contributed by atoms with E-state index in [1.807, 2.05) is 0 Å². The van der Waals surface area contributed by atoms with Crippen molar-refractivity contribution in [2.45, 2.75) is 6.92 Å². The third-order valence-corrected chi connectivity index (χ3v) is 2.97. The molecule has 0 fully saturated rings. The third-order valence-electron chi connectivity index (χ3n) is 2.97. The van der Waals surface area contributed by atoms with Gasteiger partial charge in [0.2, 0.25) is 0 Å². The van der Waals surface area contributed by atoms with Crippen LogP contribution in [-0.2, 0) is 0 Å². The summed E-state index contributed by atoms with van der Waals surface area (Å²) in [5, 5.41) is 16.8. The molecule has 0 heterocycles. The van der Waals surface area contributed by atoms with Gasteiger partial charge in [0.05, 0.1) is 10.6 Å². The van der Waals surface area contributed by atoms with Crippen LogP contribution in [-0.4, -0.2) is 12.0 Å². The van der Waals surface area contributed by atoms with E-state index in [-0.39, 0.29) is 17.1 Å². The van der Waals surface area contributed by atoms with E-state index in [0.29, 0.717) is 11.3 Å². The van der Waals surface area contributed by atoms with Crippen LogP contribution in [0.25, 0.3) is 0 Å². The Morgan fingerprint density at radius 3 is 2.40 bits per heavy atom. The third kappa shape index (κ3) is 2.54. The van der Waals surface area contributed by atoms with Gasteiger partial charge >= 0.3 is 5.69 Å². The molecule has 6 heteroatoms. The van der Waals surface area contributed by atoms with Gasteiger partial charge in [-0.1, -0.05) is 18.2 Å². The molecule has 0 unspecified atom stereocenters. The molecule has 0 saturated heterocycles. The van der Waals surface area contributed by atoms with Gasteiger partial charge in [-0.2, -0.15) is 0 Å². The molecule has 0 radical (unpaired) electrons. The van der Waals surface area contributed by atoms with Gasteiger partial charge in [0.15, 0.2) is 0 Å². The fraction of sp³-hybridized carbons (Fsp3) is 0.143. The summed E-state index contributed by atoms with van der Waals surface area (Å²) < 4.78 is 13.8. The maximum atomic E-state index is 13.8. The number of nitrogens with one attached hydrogen (secondary N) is 2. The molecule has 0 spiro atoms. The molecule has 2 N–H and O–H groups in total. The maximum absolute atomic E-state index is 13.8. The van der Waals surface area contributed by atoms with Crippen molar-refractivity contribution in [2.24, 2.45) is 0 Å². The highest BCUT2D eigenvalue weighted by Crippen LogP contribution is 2.35. The van der Waals surface area contributed by atoms with Crippen LogP contribution in [0.1, 0.15) is 5.56 Å². The summed E-state index contributed by atoms with van der Waals surface area (Å²) in [6, 6.07) is 9.44. The van der Waals surface area contributed by atoms with E-state index in [1.54, 1.807) is 44.3 Å². The first-order valence-electron chi connectivity index (χ1n) is 6.02. The second kappa shape index (κ2) is 5.56. The molecule has 0 aromatic heterocycles. The summed E-state index contributed by atoms with van der Waals surface area (Å²) >= 11 is 0. The Labute approximate surface area is 115 Å². The maximum Gasteiger partial charge on any atom is 0.315 e. The van der Waals surface area contributed by atoms with Crippen molar-refractivity contribution in [1.82, 2.24) is 0 Å². The number of aryl methyl sites for hydroxylation is 1. The number of nitro benzene ring substituents is 1. The quantitative estimate of drug-likeness (QED) is 0.657. The number of benzene rings is 2. The Kier molecular flexibility index (Phi) is 3.84. The van der Waals surface area contributed by atoms with Crippen LogP contribution in [0.15, 0.2) is 36.4 Å². The van der Waals surface area contributed by atoms with Crippen LogP contribution in [0.4, 0.5) is 27.1 Å². The molecule has 0 aliphatic carbocycles. The molecule has 2 aromatic carbocycles. The van der Waals surface area contributed by atoms with Gasteiger partial charge in [0.1, 0.15) is 17.2 Å². The van der Waals surface area contributed by atoms with Gasteiger partial charge in [-0.05, 0) is 30.7 Å². The minimum absolute atomic E-state index is 0.113. The molecule has 0 bridgehead atoms. The number of hydrogen-bond acceptors (Lipinski definition) is 4. The van der Waals surface area contributed by atoms with E-state index in [2.05, 4.69) is 10.6 Å². The topological polar surface area (TPSA) is 67.2 Å². The zero-order valence-corrected chi connectivity index (χ0v) is 11.1. The SMILES string of the molecule is CNc1cccc(Nc2c(C)cccc2F)c1[N+](=O)[O-]. The van der Waals surface area contributed by atoms with E-state index >= 15 is 0 Å². The standard InChI is InChI=1S/C14H14FN3O2/c1-9-5-3-6-10(15)13(9)17-12-8-4-7-11(16-2)14(12)18(19)20/h3-8,16-17H,1-2H3. The van der Waals surface area contributed by atoms with Crippen molar-refractivity contribution in [3.8, 4) is 0 Å². The van der Waals surface area contributed by atoms with E-state index in [9.17, 15) is 14.5 Å². The number of anilines is 3. The first kappa shape index (κ1) is 13.8. The van der Waals surface area contributed by atoms with Crippen molar-refractivity contribution in [3.63, 3.8) is 0 Å². The Morgan fingerprint density at radius 2 is 1.80 bits per heavy atom. The smallest absolute Gasteiger partial charge is 0.315 e. The van der Waals surface area contributed by atoms with Crippen molar-refractivity contribution >= 4 is 22.7 Å². The minimum atomic E-state index is -0.496. The average molecular weight is 275 g/mol. The van der Waals surface area contributed by atoms with Crippen LogP contribution in [0.2, 0.25) is 0 Å². The molecule has 104 valence electrons. The van der Waals surface area contributed by atoms with E-state index in [4.69, 9.17) is 0 Å². The zero-order chi connectivity index (χ0) is 14.7. The van der Waals surface area contributed by atoms with Crippen LogP contribution in [0.5, 0.6) is 0 Å². The van der Waals surface area contributed by atoms with Gasteiger partial charge in [-0.15, -0.1) is 0 Å². The van der Waals surface area contributed by atoms with Gasteiger partial charge < -0.3 is 10.6 Å². The summed E-state index contributed by atoms with van der Waals surface area (Å²) in [7, 11) is 1.60. The molecule has 2 aromatic rings. The highest BCUT2D eigenvalue weighted by atomic mass is 19.1. The number of nitro groups is 1. The van der Waals surface area contributed by atoms with Crippen molar-refractivity contribution in [2.75, 3.05) is 17.7 Å². The van der Waals surface area contributed by atoms with Crippen molar-refractivity contribution in [3.05, 3.63) is 57.9 Å². The lowest BCUT2D eigenvalue weighted by Crippen LogP contribution is -2.03. The number of nitrogens with zero attached hydrogens (tertiary/aromatic N) is 1. The molecular weight excluding hydrogens is 261 g/mol. The fourth-order valence-corrected chi connectivity index (χ4v) is 1.97. The fourth-order valence-electron chi connectivity index (χ4n) is 1.97.